The zero-order valence-electron chi connectivity index (χ0n) is 8.86. The Hall–Kier alpha value is -0.830. The summed E-state index contributed by atoms with van der Waals surface area (Å²) < 4.78 is 0. The number of rotatable bonds is 3. The zero-order chi connectivity index (χ0) is 10.7. The van der Waals surface area contributed by atoms with E-state index in [0.29, 0.717) is 11.8 Å². The summed E-state index contributed by atoms with van der Waals surface area (Å²) in [7, 11) is 0. The molecule has 0 spiro atoms. The van der Waals surface area contributed by atoms with Crippen LogP contribution in [0.5, 0.6) is 0 Å². The van der Waals surface area contributed by atoms with E-state index in [1.807, 2.05) is 6.08 Å². The van der Waals surface area contributed by atoms with Gasteiger partial charge in [0.05, 0.1) is 0 Å². The van der Waals surface area contributed by atoms with Crippen molar-refractivity contribution in [1.82, 2.24) is 0 Å². The van der Waals surface area contributed by atoms with Crippen LogP contribution in [0.3, 0.4) is 0 Å². The van der Waals surface area contributed by atoms with E-state index in [1.165, 1.54) is 0 Å². The van der Waals surface area contributed by atoms with Crippen LogP contribution < -0.4 is 5.73 Å². The highest BCUT2D eigenvalue weighted by molar-refractivity contribution is 5.77. The minimum absolute atomic E-state index is 0.675. The quantitative estimate of drug-likeness (QED) is 0.678. The van der Waals surface area contributed by atoms with Crippen molar-refractivity contribution in [3.05, 3.63) is 11.6 Å². The minimum Gasteiger partial charge on any atom is -0.480 e. The SMILES string of the molecule is CC(C)C1CC=C(C(N)C(=O)O)CC1. The van der Waals surface area contributed by atoms with Crippen molar-refractivity contribution in [3.8, 4) is 0 Å². The summed E-state index contributed by atoms with van der Waals surface area (Å²) in [6, 6.07) is -0.789. The van der Waals surface area contributed by atoms with Gasteiger partial charge in [0.25, 0.3) is 0 Å². The lowest BCUT2D eigenvalue weighted by atomic mass is 9.81. The van der Waals surface area contributed by atoms with Crippen LogP contribution in [0.1, 0.15) is 33.1 Å². The van der Waals surface area contributed by atoms with E-state index in [4.69, 9.17) is 10.8 Å². The van der Waals surface area contributed by atoms with Gasteiger partial charge in [-0.05, 0) is 36.7 Å². The van der Waals surface area contributed by atoms with E-state index in [0.717, 1.165) is 24.8 Å². The summed E-state index contributed by atoms with van der Waals surface area (Å²) in [5.41, 5.74) is 6.44. The van der Waals surface area contributed by atoms with Gasteiger partial charge >= 0.3 is 5.97 Å². The number of hydrogen-bond acceptors (Lipinski definition) is 2. The molecule has 2 unspecified atom stereocenters. The van der Waals surface area contributed by atoms with Gasteiger partial charge in [0.1, 0.15) is 6.04 Å². The summed E-state index contributed by atoms with van der Waals surface area (Å²) in [6.45, 7) is 4.42. The number of hydrogen-bond donors (Lipinski definition) is 2. The lowest BCUT2D eigenvalue weighted by molar-refractivity contribution is -0.137. The predicted octanol–water partition coefficient (Wildman–Crippen LogP) is 1.78. The molecular weight excluding hydrogens is 178 g/mol. The van der Waals surface area contributed by atoms with Gasteiger partial charge in [-0.25, -0.2) is 0 Å². The van der Waals surface area contributed by atoms with E-state index in [2.05, 4.69) is 13.8 Å². The first-order valence-corrected chi connectivity index (χ1v) is 5.19. The Balaban J connectivity index is 2.57. The van der Waals surface area contributed by atoms with Crippen LogP contribution in [0, 0.1) is 11.8 Å². The molecule has 3 N–H and O–H groups in total. The molecule has 0 aliphatic heterocycles. The van der Waals surface area contributed by atoms with Crippen LogP contribution in [0.15, 0.2) is 11.6 Å². The van der Waals surface area contributed by atoms with Crippen molar-refractivity contribution in [3.63, 3.8) is 0 Å². The van der Waals surface area contributed by atoms with Gasteiger partial charge in [-0.2, -0.15) is 0 Å². The fourth-order valence-corrected chi connectivity index (χ4v) is 1.92. The minimum atomic E-state index is -0.917. The maximum atomic E-state index is 10.6. The van der Waals surface area contributed by atoms with Crippen molar-refractivity contribution in [2.24, 2.45) is 17.6 Å². The molecule has 0 aromatic heterocycles. The smallest absolute Gasteiger partial charge is 0.324 e. The maximum absolute atomic E-state index is 10.6. The van der Waals surface area contributed by atoms with Gasteiger partial charge < -0.3 is 10.8 Å². The molecule has 3 heteroatoms. The number of carboxylic acids is 1. The predicted molar refractivity (Wildman–Crippen MR) is 55.9 cm³/mol. The van der Waals surface area contributed by atoms with Crippen LogP contribution in [-0.4, -0.2) is 17.1 Å². The fourth-order valence-electron chi connectivity index (χ4n) is 1.92. The molecule has 0 saturated heterocycles. The first kappa shape index (κ1) is 11.2. The summed E-state index contributed by atoms with van der Waals surface area (Å²) >= 11 is 0. The monoisotopic (exact) mass is 197 g/mol. The molecule has 0 bridgehead atoms. The van der Waals surface area contributed by atoms with E-state index >= 15 is 0 Å². The van der Waals surface area contributed by atoms with Crippen molar-refractivity contribution in [2.45, 2.75) is 39.2 Å². The van der Waals surface area contributed by atoms with Crippen LogP contribution in [-0.2, 0) is 4.79 Å². The molecule has 1 rings (SSSR count). The van der Waals surface area contributed by atoms with Crippen molar-refractivity contribution in [2.75, 3.05) is 0 Å². The summed E-state index contributed by atoms with van der Waals surface area (Å²) in [5.74, 6) is 0.452. The highest BCUT2D eigenvalue weighted by Gasteiger charge is 2.23. The third kappa shape index (κ3) is 2.58. The van der Waals surface area contributed by atoms with Crippen LogP contribution in [0.25, 0.3) is 0 Å². The normalized spacial score (nSPS) is 24.6. The van der Waals surface area contributed by atoms with Gasteiger partial charge in [0.2, 0.25) is 0 Å². The van der Waals surface area contributed by atoms with E-state index in [-0.39, 0.29) is 0 Å². The molecule has 0 heterocycles. The van der Waals surface area contributed by atoms with Crippen molar-refractivity contribution >= 4 is 5.97 Å². The standard InChI is InChI=1S/C11H19NO2/c1-7(2)8-3-5-9(6-4-8)10(12)11(13)14/h5,7-8,10H,3-4,6,12H2,1-2H3,(H,13,14). The van der Waals surface area contributed by atoms with Crippen molar-refractivity contribution in [1.29, 1.82) is 0 Å². The first-order valence-electron chi connectivity index (χ1n) is 5.19. The molecule has 0 radical (unpaired) electrons. The molecule has 14 heavy (non-hydrogen) atoms. The highest BCUT2D eigenvalue weighted by Crippen LogP contribution is 2.29. The molecule has 3 nitrogen and oxygen atoms in total. The van der Waals surface area contributed by atoms with E-state index in [9.17, 15) is 4.79 Å². The molecule has 2 atom stereocenters. The lowest BCUT2D eigenvalue weighted by Crippen LogP contribution is -2.33. The topological polar surface area (TPSA) is 63.3 Å². The van der Waals surface area contributed by atoms with Crippen LogP contribution in [0.4, 0.5) is 0 Å². The molecule has 0 fully saturated rings. The summed E-state index contributed by atoms with van der Waals surface area (Å²) in [4.78, 5) is 10.6. The Bertz CT molecular complexity index is 246. The Morgan fingerprint density at radius 2 is 2.29 bits per heavy atom. The molecule has 0 aromatic carbocycles. The molecule has 80 valence electrons. The zero-order valence-corrected chi connectivity index (χ0v) is 8.86. The van der Waals surface area contributed by atoms with Gasteiger partial charge in [0, 0.05) is 0 Å². The largest absolute Gasteiger partial charge is 0.480 e. The molecule has 0 saturated carbocycles. The average molecular weight is 197 g/mol. The number of carbonyl (C=O) groups is 1. The number of nitrogens with two attached hydrogens (primary N) is 1. The van der Waals surface area contributed by atoms with Gasteiger partial charge in [-0.1, -0.05) is 19.9 Å². The second-order valence-corrected chi connectivity index (χ2v) is 4.37. The molecule has 1 aliphatic rings. The molecule has 1 aliphatic carbocycles. The number of carboxylic acid groups (broad SMARTS) is 1. The number of allylic oxidation sites excluding steroid dienone is 1. The maximum Gasteiger partial charge on any atom is 0.324 e. The highest BCUT2D eigenvalue weighted by atomic mass is 16.4. The lowest BCUT2D eigenvalue weighted by Gasteiger charge is -2.26. The Labute approximate surface area is 85.0 Å². The van der Waals surface area contributed by atoms with Crippen LogP contribution >= 0.6 is 0 Å². The first-order chi connectivity index (χ1) is 6.52. The Kier molecular flexibility index (Phi) is 3.69. The summed E-state index contributed by atoms with van der Waals surface area (Å²) in [5, 5.41) is 8.74. The summed E-state index contributed by atoms with van der Waals surface area (Å²) in [6.07, 6.45) is 4.92. The fraction of sp³-hybridized carbons (Fsp3) is 0.727. The molecule has 0 amide bonds. The van der Waals surface area contributed by atoms with E-state index in [1.54, 1.807) is 0 Å². The third-order valence-corrected chi connectivity index (χ3v) is 3.09. The average Bonchev–Trinajstić information content (AvgIpc) is 2.16. The van der Waals surface area contributed by atoms with E-state index < -0.39 is 12.0 Å². The second-order valence-electron chi connectivity index (χ2n) is 4.37. The van der Waals surface area contributed by atoms with Crippen molar-refractivity contribution < 1.29 is 9.90 Å². The van der Waals surface area contributed by atoms with Gasteiger partial charge in [0.15, 0.2) is 0 Å². The van der Waals surface area contributed by atoms with Crippen LogP contribution in [0.2, 0.25) is 0 Å². The number of aliphatic carboxylic acids is 1. The third-order valence-electron chi connectivity index (χ3n) is 3.09. The van der Waals surface area contributed by atoms with Gasteiger partial charge in [-0.15, -0.1) is 0 Å². The Morgan fingerprint density at radius 1 is 1.64 bits per heavy atom. The second kappa shape index (κ2) is 4.60. The molecular formula is C11H19NO2. The molecule has 0 aromatic rings. The Morgan fingerprint density at radius 3 is 2.64 bits per heavy atom. The van der Waals surface area contributed by atoms with Gasteiger partial charge in [-0.3, -0.25) is 4.79 Å².